The molecular formula is C25H37N3OS. The molecule has 1 aromatic heterocycles. The Kier molecular flexibility index (Phi) is 6.16. The van der Waals surface area contributed by atoms with Crippen molar-refractivity contribution in [3.63, 3.8) is 0 Å². The molecule has 5 rings (SSSR count). The molecule has 3 unspecified atom stereocenters. The van der Waals surface area contributed by atoms with Crippen LogP contribution >= 0.6 is 11.3 Å². The summed E-state index contributed by atoms with van der Waals surface area (Å²) in [7, 11) is 0. The van der Waals surface area contributed by atoms with Crippen LogP contribution in [0.2, 0.25) is 0 Å². The first-order valence-electron chi connectivity index (χ1n) is 12.0. The maximum absolute atomic E-state index is 6.44. The quantitative estimate of drug-likeness (QED) is 0.649. The van der Waals surface area contributed by atoms with Crippen molar-refractivity contribution >= 4 is 17.6 Å². The van der Waals surface area contributed by atoms with E-state index >= 15 is 0 Å². The van der Waals surface area contributed by atoms with Gasteiger partial charge in [-0.1, -0.05) is 25.8 Å². The third kappa shape index (κ3) is 4.06. The number of hydrogen-bond acceptors (Lipinski definition) is 5. The smallest absolute Gasteiger partial charge is 0.0688 e. The van der Waals surface area contributed by atoms with Crippen molar-refractivity contribution in [2.24, 2.45) is 16.3 Å². The fraction of sp³-hybridized carbons (Fsp3) is 0.720. The van der Waals surface area contributed by atoms with E-state index in [1.54, 1.807) is 5.56 Å². The first-order chi connectivity index (χ1) is 14.7. The highest BCUT2D eigenvalue weighted by molar-refractivity contribution is 7.10. The fourth-order valence-corrected chi connectivity index (χ4v) is 7.64. The number of nitrogens with one attached hydrogen (secondary N) is 2. The van der Waals surface area contributed by atoms with E-state index in [0.717, 1.165) is 32.7 Å². The monoisotopic (exact) mass is 427 g/mol. The zero-order valence-corrected chi connectivity index (χ0v) is 19.2. The van der Waals surface area contributed by atoms with Crippen LogP contribution in [-0.2, 0) is 11.2 Å². The number of dihydropyridines is 1. The molecule has 0 aromatic carbocycles. The van der Waals surface area contributed by atoms with Crippen molar-refractivity contribution in [2.75, 3.05) is 26.2 Å². The Bertz CT molecular complexity index is 781. The van der Waals surface area contributed by atoms with Crippen LogP contribution < -0.4 is 10.6 Å². The standard InChI is InChI=1S/C25H37N3OS/c1-19-5-4-12-28-23(19)24(11-15-29-25(18-24)8-2-3-9-25)10-14-26-17-21-22-20(6-13-27-21)7-16-30-22/h4-5,7,12,16,19,21,23,26-27H,2-3,6,8-11,13-15,17-18H2,1H3/t19?,21?,23?,24-/m1/s1. The van der Waals surface area contributed by atoms with Crippen LogP contribution in [0.4, 0.5) is 0 Å². The van der Waals surface area contributed by atoms with Crippen molar-refractivity contribution in [2.45, 2.75) is 76.0 Å². The Balaban J connectivity index is 1.26. The van der Waals surface area contributed by atoms with Gasteiger partial charge < -0.3 is 15.4 Å². The van der Waals surface area contributed by atoms with E-state index in [1.165, 1.54) is 49.8 Å². The Labute approximate surface area is 185 Å². The zero-order valence-electron chi connectivity index (χ0n) is 18.4. The zero-order chi connectivity index (χ0) is 20.4. The molecule has 1 spiro atoms. The molecule has 30 heavy (non-hydrogen) atoms. The van der Waals surface area contributed by atoms with Gasteiger partial charge in [-0.05, 0) is 86.0 Å². The molecule has 1 aromatic rings. The fourth-order valence-electron chi connectivity index (χ4n) is 6.61. The van der Waals surface area contributed by atoms with Crippen LogP contribution in [0.1, 0.15) is 68.4 Å². The normalized spacial score (nSPS) is 35.0. The lowest BCUT2D eigenvalue weighted by Gasteiger charge is -2.51. The molecule has 4 heterocycles. The van der Waals surface area contributed by atoms with Gasteiger partial charge in [-0.2, -0.15) is 0 Å². The van der Waals surface area contributed by atoms with E-state index < -0.39 is 0 Å². The predicted molar refractivity (Wildman–Crippen MR) is 126 cm³/mol. The lowest BCUT2D eigenvalue weighted by Crippen LogP contribution is -2.51. The minimum absolute atomic E-state index is 0.130. The van der Waals surface area contributed by atoms with Crippen molar-refractivity contribution in [1.29, 1.82) is 0 Å². The summed E-state index contributed by atoms with van der Waals surface area (Å²) in [6.45, 7) is 6.45. The van der Waals surface area contributed by atoms with E-state index in [0.29, 0.717) is 18.0 Å². The van der Waals surface area contributed by atoms with Crippen LogP contribution in [0.3, 0.4) is 0 Å². The summed E-state index contributed by atoms with van der Waals surface area (Å²) in [5.41, 5.74) is 1.93. The molecular weight excluding hydrogens is 390 g/mol. The molecule has 4 aliphatic rings. The molecule has 3 aliphatic heterocycles. The van der Waals surface area contributed by atoms with Gasteiger partial charge in [0.05, 0.1) is 17.7 Å². The van der Waals surface area contributed by atoms with E-state index in [9.17, 15) is 0 Å². The van der Waals surface area contributed by atoms with E-state index in [4.69, 9.17) is 9.73 Å². The molecule has 0 bridgehead atoms. The lowest BCUT2D eigenvalue weighted by atomic mass is 9.63. The molecule has 1 aliphatic carbocycles. The van der Waals surface area contributed by atoms with E-state index in [1.807, 2.05) is 17.6 Å². The van der Waals surface area contributed by atoms with Gasteiger partial charge in [0.2, 0.25) is 0 Å². The average molecular weight is 428 g/mol. The van der Waals surface area contributed by atoms with Gasteiger partial charge in [-0.15, -0.1) is 11.3 Å². The summed E-state index contributed by atoms with van der Waals surface area (Å²) < 4.78 is 6.44. The molecule has 0 amide bonds. The first kappa shape index (κ1) is 20.9. The number of ether oxygens (including phenoxy) is 1. The number of nitrogens with zero attached hydrogens (tertiary/aromatic N) is 1. The van der Waals surface area contributed by atoms with Crippen molar-refractivity contribution in [3.05, 3.63) is 34.0 Å². The van der Waals surface area contributed by atoms with Crippen molar-refractivity contribution < 1.29 is 4.74 Å². The van der Waals surface area contributed by atoms with E-state index in [2.05, 4.69) is 41.2 Å². The van der Waals surface area contributed by atoms with E-state index in [-0.39, 0.29) is 11.0 Å². The molecule has 4 nitrogen and oxygen atoms in total. The summed E-state index contributed by atoms with van der Waals surface area (Å²) in [6.07, 6.45) is 16.4. The first-order valence-corrected chi connectivity index (χ1v) is 12.9. The minimum Gasteiger partial charge on any atom is -0.375 e. The number of fused-ring (bicyclic) bond motifs is 1. The van der Waals surface area contributed by atoms with Gasteiger partial charge in [-0.25, -0.2) is 0 Å². The Morgan fingerprint density at radius 1 is 1.30 bits per heavy atom. The summed E-state index contributed by atoms with van der Waals surface area (Å²) in [5, 5.41) is 9.79. The number of aliphatic imine (C=N–C) groups is 1. The van der Waals surface area contributed by atoms with Crippen LogP contribution in [0.15, 0.2) is 28.6 Å². The highest BCUT2D eigenvalue weighted by Crippen LogP contribution is 2.52. The second kappa shape index (κ2) is 8.85. The van der Waals surface area contributed by atoms with Gasteiger partial charge in [0, 0.05) is 24.2 Å². The number of hydrogen-bond donors (Lipinski definition) is 2. The highest BCUT2D eigenvalue weighted by atomic mass is 32.1. The molecule has 164 valence electrons. The summed E-state index contributed by atoms with van der Waals surface area (Å²) >= 11 is 1.91. The van der Waals surface area contributed by atoms with Crippen LogP contribution in [-0.4, -0.2) is 44.1 Å². The lowest BCUT2D eigenvalue weighted by molar-refractivity contribution is -0.133. The highest BCUT2D eigenvalue weighted by Gasteiger charge is 2.51. The topological polar surface area (TPSA) is 45.7 Å². The molecule has 1 saturated heterocycles. The van der Waals surface area contributed by atoms with Gasteiger partial charge in [0.25, 0.3) is 0 Å². The summed E-state index contributed by atoms with van der Waals surface area (Å²) in [5.74, 6) is 0.514. The number of allylic oxidation sites excluding steroid dienone is 1. The maximum Gasteiger partial charge on any atom is 0.0688 e. The molecule has 0 radical (unpaired) electrons. The average Bonchev–Trinajstić information content (AvgIpc) is 3.42. The second-order valence-corrected chi connectivity index (χ2v) is 11.0. The molecule has 1 saturated carbocycles. The SMILES string of the molecule is CC1C=CC=NC1[C@]1(CCNCC2NCCc3ccsc32)CCOC2(CCCC2)C1. The van der Waals surface area contributed by atoms with Crippen LogP contribution in [0.25, 0.3) is 0 Å². The van der Waals surface area contributed by atoms with Crippen molar-refractivity contribution in [3.8, 4) is 0 Å². The molecule has 2 fully saturated rings. The van der Waals surface area contributed by atoms with Crippen molar-refractivity contribution in [1.82, 2.24) is 10.6 Å². The summed E-state index contributed by atoms with van der Waals surface area (Å²) in [4.78, 5) is 6.58. The largest absolute Gasteiger partial charge is 0.375 e. The molecule has 5 heteroatoms. The van der Waals surface area contributed by atoms with Gasteiger partial charge in [-0.3, -0.25) is 4.99 Å². The Hall–Kier alpha value is -1.01. The predicted octanol–water partition coefficient (Wildman–Crippen LogP) is 4.67. The Morgan fingerprint density at radius 3 is 3.07 bits per heavy atom. The van der Waals surface area contributed by atoms with Gasteiger partial charge in [0.15, 0.2) is 0 Å². The second-order valence-electron chi connectivity index (χ2n) is 10.0. The third-order valence-corrected chi connectivity index (χ3v) is 9.17. The van der Waals surface area contributed by atoms with Gasteiger partial charge in [0.1, 0.15) is 0 Å². The minimum atomic E-state index is 0.130. The van der Waals surface area contributed by atoms with Gasteiger partial charge >= 0.3 is 0 Å². The summed E-state index contributed by atoms with van der Waals surface area (Å²) in [6, 6.07) is 3.17. The number of thiophene rings is 1. The molecule has 4 atom stereocenters. The Morgan fingerprint density at radius 2 is 2.20 bits per heavy atom. The van der Waals surface area contributed by atoms with Crippen LogP contribution in [0, 0.1) is 11.3 Å². The number of rotatable bonds is 6. The maximum atomic E-state index is 6.44. The third-order valence-electron chi connectivity index (χ3n) is 8.10. The van der Waals surface area contributed by atoms with Crippen LogP contribution in [0.5, 0.6) is 0 Å². The molecule has 2 N–H and O–H groups in total.